The fraction of sp³-hybridized carbons (Fsp3) is 0.375. The second-order valence-electron chi connectivity index (χ2n) is 4.95. The van der Waals surface area contributed by atoms with Gasteiger partial charge in [0, 0.05) is 24.5 Å². The molecule has 1 aromatic rings. The lowest BCUT2D eigenvalue weighted by Crippen LogP contribution is -2.18. The molecule has 0 saturated carbocycles. The van der Waals surface area contributed by atoms with Crippen molar-refractivity contribution in [3.63, 3.8) is 0 Å². The number of hydrogen-bond acceptors (Lipinski definition) is 2. The molecule has 2 aliphatic rings. The van der Waals surface area contributed by atoms with Crippen LogP contribution in [-0.4, -0.2) is 13.1 Å². The van der Waals surface area contributed by atoms with Crippen molar-refractivity contribution in [1.82, 2.24) is 10.6 Å². The molecule has 0 radical (unpaired) electrons. The molecule has 2 nitrogen and oxygen atoms in total. The lowest BCUT2D eigenvalue weighted by molar-refractivity contribution is 0.742. The minimum atomic E-state index is 1.10. The van der Waals surface area contributed by atoms with Gasteiger partial charge in [-0.15, -0.1) is 0 Å². The molecule has 0 fully saturated rings. The number of rotatable bonds is 2. The van der Waals surface area contributed by atoms with E-state index in [9.17, 15) is 0 Å². The summed E-state index contributed by atoms with van der Waals surface area (Å²) in [6.45, 7) is 2.20. The van der Waals surface area contributed by atoms with E-state index in [0.717, 1.165) is 13.1 Å². The molecule has 94 valence electrons. The molecular weight excluding hydrogens is 220 g/mol. The van der Waals surface area contributed by atoms with Crippen LogP contribution in [0.25, 0.3) is 11.4 Å². The molecule has 0 aliphatic carbocycles. The number of benzene rings is 1. The third kappa shape index (κ3) is 2.42. The van der Waals surface area contributed by atoms with Crippen LogP contribution in [-0.2, 0) is 0 Å². The maximum atomic E-state index is 3.47. The minimum absolute atomic E-state index is 1.10. The van der Waals surface area contributed by atoms with Gasteiger partial charge in [-0.25, -0.2) is 0 Å². The Morgan fingerprint density at radius 1 is 0.667 bits per heavy atom. The summed E-state index contributed by atoms with van der Waals surface area (Å²) < 4.78 is 0. The molecule has 0 aromatic heterocycles. The van der Waals surface area contributed by atoms with Crippen molar-refractivity contribution < 1.29 is 0 Å². The number of allylic oxidation sites excluding steroid dienone is 2. The first kappa shape index (κ1) is 11.4. The Hall–Kier alpha value is -1.70. The molecule has 18 heavy (non-hydrogen) atoms. The van der Waals surface area contributed by atoms with Crippen molar-refractivity contribution in [3.05, 3.63) is 47.5 Å². The van der Waals surface area contributed by atoms with Crippen LogP contribution in [0.4, 0.5) is 0 Å². The molecule has 0 amide bonds. The van der Waals surface area contributed by atoms with Gasteiger partial charge in [0.2, 0.25) is 0 Å². The summed E-state index contributed by atoms with van der Waals surface area (Å²) in [4.78, 5) is 0. The predicted molar refractivity (Wildman–Crippen MR) is 76.9 cm³/mol. The normalized spacial score (nSPS) is 19.3. The van der Waals surface area contributed by atoms with Crippen LogP contribution in [0.2, 0.25) is 0 Å². The monoisotopic (exact) mass is 240 g/mol. The molecule has 1 aromatic carbocycles. The van der Waals surface area contributed by atoms with Crippen LogP contribution >= 0.6 is 0 Å². The smallest absolute Gasteiger partial charge is 0.0373 e. The van der Waals surface area contributed by atoms with Gasteiger partial charge in [-0.05, 0) is 36.8 Å². The van der Waals surface area contributed by atoms with Gasteiger partial charge in [-0.3, -0.25) is 0 Å². The standard InChI is InChI=1S/C16H20N2/c1-3-11-17-15(5-1)13-7-9-14(10-8-13)16-6-2-4-12-18-16/h5-10,17-18H,1-4,11-12H2. The van der Waals surface area contributed by atoms with E-state index < -0.39 is 0 Å². The topological polar surface area (TPSA) is 24.1 Å². The van der Waals surface area contributed by atoms with Gasteiger partial charge in [0.25, 0.3) is 0 Å². The fourth-order valence-corrected chi connectivity index (χ4v) is 2.56. The fourth-order valence-electron chi connectivity index (χ4n) is 2.56. The van der Waals surface area contributed by atoms with Crippen molar-refractivity contribution in [2.45, 2.75) is 25.7 Å². The van der Waals surface area contributed by atoms with E-state index in [4.69, 9.17) is 0 Å². The van der Waals surface area contributed by atoms with E-state index >= 15 is 0 Å². The van der Waals surface area contributed by atoms with E-state index in [1.54, 1.807) is 0 Å². The quantitative estimate of drug-likeness (QED) is 0.830. The van der Waals surface area contributed by atoms with Gasteiger partial charge in [-0.1, -0.05) is 36.4 Å². The summed E-state index contributed by atoms with van der Waals surface area (Å²) in [6, 6.07) is 8.88. The van der Waals surface area contributed by atoms with Gasteiger partial charge in [0.05, 0.1) is 0 Å². The molecule has 2 heterocycles. The van der Waals surface area contributed by atoms with Crippen molar-refractivity contribution in [3.8, 4) is 0 Å². The minimum Gasteiger partial charge on any atom is -0.385 e. The van der Waals surface area contributed by atoms with Crippen molar-refractivity contribution in [1.29, 1.82) is 0 Å². The Balaban J connectivity index is 1.80. The van der Waals surface area contributed by atoms with Crippen molar-refractivity contribution >= 4 is 11.4 Å². The van der Waals surface area contributed by atoms with Crippen molar-refractivity contribution in [2.24, 2.45) is 0 Å². The maximum Gasteiger partial charge on any atom is 0.0373 e. The number of hydrogen-bond donors (Lipinski definition) is 2. The molecule has 0 atom stereocenters. The van der Waals surface area contributed by atoms with Crippen LogP contribution in [0.1, 0.15) is 36.8 Å². The zero-order chi connectivity index (χ0) is 12.2. The Bertz CT molecular complexity index is 423. The van der Waals surface area contributed by atoms with E-state index in [-0.39, 0.29) is 0 Å². The van der Waals surface area contributed by atoms with Crippen LogP contribution < -0.4 is 10.6 Å². The summed E-state index contributed by atoms with van der Waals surface area (Å²) in [5, 5.41) is 6.93. The highest BCUT2D eigenvalue weighted by Crippen LogP contribution is 2.21. The molecule has 0 unspecified atom stereocenters. The molecule has 3 rings (SSSR count). The summed E-state index contributed by atoms with van der Waals surface area (Å²) in [7, 11) is 0. The molecule has 0 saturated heterocycles. The predicted octanol–water partition coefficient (Wildman–Crippen LogP) is 3.14. The lowest BCUT2D eigenvalue weighted by atomic mass is 10.0. The summed E-state index contributed by atoms with van der Waals surface area (Å²) in [5.74, 6) is 0. The third-order valence-electron chi connectivity index (χ3n) is 3.60. The second kappa shape index (κ2) is 5.30. The molecule has 0 spiro atoms. The molecule has 2 aliphatic heterocycles. The van der Waals surface area contributed by atoms with Gasteiger partial charge in [-0.2, -0.15) is 0 Å². The van der Waals surface area contributed by atoms with E-state index in [0.29, 0.717) is 0 Å². The van der Waals surface area contributed by atoms with Crippen LogP contribution in [0, 0.1) is 0 Å². The Labute approximate surface area is 109 Å². The highest BCUT2D eigenvalue weighted by molar-refractivity contribution is 5.69. The molecular formula is C16H20N2. The Morgan fingerprint density at radius 3 is 1.44 bits per heavy atom. The van der Waals surface area contributed by atoms with E-state index in [1.165, 1.54) is 48.2 Å². The second-order valence-corrected chi connectivity index (χ2v) is 4.95. The first-order chi connectivity index (χ1) is 8.93. The maximum absolute atomic E-state index is 3.47. The third-order valence-corrected chi connectivity index (χ3v) is 3.60. The highest BCUT2D eigenvalue weighted by Gasteiger charge is 2.07. The van der Waals surface area contributed by atoms with Crippen LogP contribution in [0.15, 0.2) is 36.4 Å². The first-order valence-electron chi connectivity index (χ1n) is 6.92. The first-order valence-corrected chi connectivity index (χ1v) is 6.92. The summed E-state index contributed by atoms with van der Waals surface area (Å²) in [6.07, 6.45) is 9.48. The zero-order valence-electron chi connectivity index (χ0n) is 10.7. The average molecular weight is 240 g/mol. The van der Waals surface area contributed by atoms with E-state index in [1.807, 2.05) is 0 Å². The summed E-state index contributed by atoms with van der Waals surface area (Å²) >= 11 is 0. The average Bonchev–Trinajstić information content (AvgIpc) is 2.49. The highest BCUT2D eigenvalue weighted by atomic mass is 14.9. The van der Waals surface area contributed by atoms with Crippen LogP contribution in [0.3, 0.4) is 0 Å². The zero-order valence-corrected chi connectivity index (χ0v) is 10.7. The lowest BCUT2D eigenvalue weighted by Gasteiger charge is -2.18. The molecule has 2 heteroatoms. The van der Waals surface area contributed by atoms with Crippen molar-refractivity contribution in [2.75, 3.05) is 13.1 Å². The van der Waals surface area contributed by atoms with Gasteiger partial charge in [0.15, 0.2) is 0 Å². The largest absolute Gasteiger partial charge is 0.385 e. The molecule has 0 bridgehead atoms. The van der Waals surface area contributed by atoms with Gasteiger partial charge >= 0.3 is 0 Å². The Morgan fingerprint density at radius 2 is 1.11 bits per heavy atom. The Kier molecular flexibility index (Phi) is 3.35. The van der Waals surface area contributed by atoms with Gasteiger partial charge in [0.1, 0.15) is 0 Å². The van der Waals surface area contributed by atoms with E-state index in [2.05, 4.69) is 47.1 Å². The van der Waals surface area contributed by atoms with Gasteiger partial charge < -0.3 is 10.6 Å². The number of nitrogens with one attached hydrogen (secondary N) is 2. The van der Waals surface area contributed by atoms with Crippen LogP contribution in [0.5, 0.6) is 0 Å². The SMILES string of the molecule is C1=C(c2ccc(C3=CCCCN3)cc2)NCCC1. The molecule has 2 N–H and O–H groups in total. The summed E-state index contributed by atoms with van der Waals surface area (Å²) in [5.41, 5.74) is 5.18.